The molecule has 10 heteroatoms. The molecule has 0 bridgehead atoms. The largest absolute Gasteiger partial charge is 0.395 e. The Hall–Kier alpha value is -3.23. The van der Waals surface area contributed by atoms with Crippen LogP contribution in [0, 0.1) is 18.8 Å². The van der Waals surface area contributed by atoms with Crippen LogP contribution in [0.1, 0.15) is 24.0 Å². The molecule has 5 N–H and O–H groups in total. The lowest BCUT2D eigenvalue weighted by atomic mass is 10.1. The van der Waals surface area contributed by atoms with Crippen LogP contribution in [-0.4, -0.2) is 95.0 Å². The zero-order chi connectivity index (χ0) is 24.7. The number of aromatic amines is 2. The van der Waals surface area contributed by atoms with Crippen LogP contribution in [0.2, 0.25) is 0 Å². The smallest absolute Gasteiger partial charge is 0.307 e. The van der Waals surface area contributed by atoms with Gasteiger partial charge in [0.25, 0.3) is 0 Å². The summed E-state index contributed by atoms with van der Waals surface area (Å²) >= 11 is 0. The number of H-pyrrole nitrogens is 2. The third-order valence-electron chi connectivity index (χ3n) is 6.79. The minimum Gasteiger partial charge on any atom is -0.395 e. The molecule has 0 amide bonds. The molecule has 0 saturated carbocycles. The van der Waals surface area contributed by atoms with E-state index in [-0.39, 0.29) is 6.61 Å². The van der Waals surface area contributed by atoms with E-state index < -0.39 is 0 Å². The van der Waals surface area contributed by atoms with E-state index in [0.29, 0.717) is 12.0 Å². The quantitative estimate of drug-likeness (QED) is 0.367. The van der Waals surface area contributed by atoms with Crippen LogP contribution in [0.3, 0.4) is 0 Å². The molecule has 190 valence electrons. The number of anilines is 3. The molecular formula is C26H35N8O2+. The Balaban J connectivity index is 1.23. The van der Waals surface area contributed by atoms with Gasteiger partial charge in [0.15, 0.2) is 12.1 Å². The van der Waals surface area contributed by atoms with Crippen molar-refractivity contribution >= 4 is 28.6 Å². The van der Waals surface area contributed by atoms with E-state index in [1.54, 1.807) is 6.33 Å². The average molecular weight is 492 g/mol. The molecule has 0 atom stereocenters. The van der Waals surface area contributed by atoms with Crippen LogP contribution in [0.15, 0.2) is 24.5 Å². The molecule has 0 radical (unpaired) electrons. The van der Waals surface area contributed by atoms with Gasteiger partial charge in [-0.15, -0.1) is 0 Å². The summed E-state index contributed by atoms with van der Waals surface area (Å²) in [5, 5.41) is 16.0. The third-order valence-corrected chi connectivity index (χ3v) is 6.79. The minimum atomic E-state index is 0.226. The number of aliphatic hydroxyl groups excluding tert-OH is 1. The van der Waals surface area contributed by atoms with E-state index in [1.807, 2.05) is 12.1 Å². The first kappa shape index (κ1) is 24.5. The first-order chi connectivity index (χ1) is 17.7. The molecule has 0 aliphatic carbocycles. The van der Waals surface area contributed by atoms with Gasteiger partial charge in [0.2, 0.25) is 5.52 Å². The highest BCUT2D eigenvalue weighted by atomic mass is 16.5. The number of ether oxygens (including phenoxy) is 1. The summed E-state index contributed by atoms with van der Waals surface area (Å²) in [6.07, 6.45) is 3.69. The zero-order valence-electron chi connectivity index (χ0n) is 20.8. The second-order valence-corrected chi connectivity index (χ2v) is 9.38. The van der Waals surface area contributed by atoms with Crippen molar-refractivity contribution in [2.45, 2.75) is 25.8 Å². The number of hydrogen-bond acceptors (Lipinski definition) is 8. The summed E-state index contributed by atoms with van der Waals surface area (Å²) in [5.41, 5.74) is 4.64. The standard InChI is InChI=1S/C26H34N8O2/c1-19-17-20(3-2-8-33-9-11-34(12-10-33)13-14-35)4-5-22(19)30-26-31-24-23(27-18-28-24)25(32-26)29-21-6-15-36-16-7-21/h4-5,17-18,21,35H,6-16H2,1H3,(H3,27,28,29,30,31,32)/p+1. The van der Waals surface area contributed by atoms with Gasteiger partial charge in [-0.3, -0.25) is 14.8 Å². The Morgan fingerprint density at radius 1 is 1.17 bits per heavy atom. The highest BCUT2D eigenvalue weighted by Crippen LogP contribution is 2.24. The van der Waals surface area contributed by atoms with Gasteiger partial charge in [0, 0.05) is 63.2 Å². The second-order valence-electron chi connectivity index (χ2n) is 9.38. The monoisotopic (exact) mass is 491 g/mol. The number of imidazole rings is 1. The number of aryl methyl sites for hydroxylation is 1. The number of rotatable bonds is 7. The zero-order valence-corrected chi connectivity index (χ0v) is 20.8. The van der Waals surface area contributed by atoms with E-state index in [0.717, 1.165) is 99.1 Å². The first-order valence-electron chi connectivity index (χ1n) is 12.7. The number of piperazine rings is 1. The molecule has 5 rings (SSSR count). The summed E-state index contributed by atoms with van der Waals surface area (Å²) in [6, 6.07) is 6.49. The van der Waals surface area contributed by atoms with Crippen LogP contribution in [-0.2, 0) is 4.74 Å². The number of aromatic nitrogens is 4. The lowest BCUT2D eigenvalue weighted by Gasteiger charge is -2.33. The Morgan fingerprint density at radius 2 is 1.97 bits per heavy atom. The summed E-state index contributed by atoms with van der Waals surface area (Å²) in [4.78, 5) is 20.4. The topological polar surface area (TPSA) is 116 Å². The maximum atomic E-state index is 9.08. The molecule has 3 aromatic rings. The predicted molar refractivity (Wildman–Crippen MR) is 139 cm³/mol. The summed E-state index contributed by atoms with van der Waals surface area (Å²) in [5.74, 6) is 7.94. The fraction of sp³-hybridized carbons (Fsp3) is 0.500. The van der Waals surface area contributed by atoms with Crippen LogP contribution >= 0.6 is 0 Å². The van der Waals surface area contributed by atoms with Gasteiger partial charge in [0.1, 0.15) is 0 Å². The van der Waals surface area contributed by atoms with Gasteiger partial charge in [-0.1, -0.05) is 16.8 Å². The van der Waals surface area contributed by atoms with Crippen LogP contribution in [0.5, 0.6) is 0 Å². The Bertz CT molecular complexity index is 1220. The molecule has 0 spiro atoms. The first-order valence-corrected chi connectivity index (χ1v) is 12.7. The SMILES string of the molecule is Cc1cc(C#CCN2CCN(CCO)CC2)ccc1Nc1nc(NC2CCOCC2)c2[nH]c[nH+]c2n1. The maximum Gasteiger partial charge on any atom is 0.307 e. The summed E-state index contributed by atoms with van der Waals surface area (Å²) < 4.78 is 5.48. The molecule has 2 fully saturated rings. The maximum absolute atomic E-state index is 9.08. The van der Waals surface area contributed by atoms with Gasteiger partial charge < -0.3 is 20.5 Å². The molecule has 2 saturated heterocycles. The van der Waals surface area contributed by atoms with Crippen molar-refractivity contribution in [1.29, 1.82) is 0 Å². The fourth-order valence-electron chi connectivity index (χ4n) is 4.64. The highest BCUT2D eigenvalue weighted by Gasteiger charge is 2.21. The predicted octanol–water partition coefficient (Wildman–Crippen LogP) is 1.38. The number of hydrogen-bond donors (Lipinski definition) is 4. The number of β-amino-alcohol motifs (C(OH)–C–C–N with tert-alkyl or cyclic N) is 1. The highest BCUT2D eigenvalue weighted by molar-refractivity contribution is 5.82. The van der Waals surface area contributed by atoms with Gasteiger partial charge in [-0.05, 0) is 43.5 Å². The average Bonchev–Trinajstić information content (AvgIpc) is 3.37. The van der Waals surface area contributed by atoms with Gasteiger partial charge in [0.05, 0.1) is 13.2 Å². The van der Waals surface area contributed by atoms with Crippen molar-refractivity contribution in [2.24, 2.45) is 0 Å². The van der Waals surface area contributed by atoms with E-state index >= 15 is 0 Å². The molecule has 0 unspecified atom stereocenters. The molecule has 4 heterocycles. The van der Waals surface area contributed by atoms with Crippen molar-refractivity contribution in [1.82, 2.24) is 24.8 Å². The number of nitrogens with one attached hydrogen (secondary N) is 4. The van der Waals surface area contributed by atoms with Crippen molar-refractivity contribution in [3.63, 3.8) is 0 Å². The number of aliphatic hydroxyl groups is 1. The van der Waals surface area contributed by atoms with Crippen LogP contribution in [0.25, 0.3) is 11.2 Å². The fourth-order valence-corrected chi connectivity index (χ4v) is 4.64. The lowest BCUT2D eigenvalue weighted by molar-refractivity contribution is -0.347. The molecule has 1 aromatic carbocycles. The second kappa shape index (κ2) is 11.7. The number of fused-ring (bicyclic) bond motifs is 1. The molecule has 2 aromatic heterocycles. The normalized spacial score (nSPS) is 17.6. The Labute approximate surface area is 211 Å². The van der Waals surface area contributed by atoms with E-state index in [9.17, 15) is 0 Å². The summed E-state index contributed by atoms with van der Waals surface area (Å²) in [7, 11) is 0. The molecule has 10 nitrogen and oxygen atoms in total. The third kappa shape index (κ3) is 6.12. The molecular weight excluding hydrogens is 456 g/mol. The van der Waals surface area contributed by atoms with Gasteiger partial charge >= 0.3 is 11.6 Å². The summed E-state index contributed by atoms with van der Waals surface area (Å²) in [6.45, 7) is 9.30. The van der Waals surface area contributed by atoms with E-state index in [2.05, 4.69) is 60.2 Å². The minimum absolute atomic E-state index is 0.226. The number of nitrogens with zero attached hydrogens (tertiary/aromatic N) is 4. The van der Waals surface area contributed by atoms with Crippen molar-refractivity contribution in [2.75, 3.05) is 69.7 Å². The van der Waals surface area contributed by atoms with Gasteiger partial charge in [-0.25, -0.2) is 4.98 Å². The van der Waals surface area contributed by atoms with E-state index in [4.69, 9.17) is 14.8 Å². The van der Waals surface area contributed by atoms with E-state index in [1.165, 1.54) is 0 Å². The molecule has 36 heavy (non-hydrogen) atoms. The van der Waals surface area contributed by atoms with Crippen LogP contribution < -0.4 is 15.6 Å². The van der Waals surface area contributed by atoms with Crippen LogP contribution in [0.4, 0.5) is 17.5 Å². The van der Waals surface area contributed by atoms with Gasteiger partial charge in [-0.2, -0.15) is 4.98 Å². The lowest BCUT2D eigenvalue weighted by Crippen LogP contribution is -2.47. The van der Waals surface area contributed by atoms with Crippen molar-refractivity contribution in [3.05, 3.63) is 35.7 Å². The van der Waals surface area contributed by atoms with Crippen molar-refractivity contribution < 1.29 is 14.8 Å². The number of benzene rings is 1. The Kier molecular flexibility index (Phi) is 7.93. The Morgan fingerprint density at radius 3 is 2.75 bits per heavy atom. The van der Waals surface area contributed by atoms with Crippen molar-refractivity contribution in [3.8, 4) is 11.8 Å². The molecule has 2 aliphatic heterocycles. The molecule has 2 aliphatic rings.